The van der Waals surface area contributed by atoms with Gasteiger partial charge in [-0.05, 0) is 24.3 Å². The van der Waals surface area contributed by atoms with Crippen LogP contribution >= 0.6 is 0 Å². The van der Waals surface area contributed by atoms with Gasteiger partial charge in [0, 0.05) is 17.1 Å². The van der Waals surface area contributed by atoms with Crippen LogP contribution in [0.2, 0.25) is 0 Å². The molecule has 0 radical (unpaired) electrons. The van der Waals surface area contributed by atoms with Gasteiger partial charge in [0.1, 0.15) is 0 Å². The molecule has 5 nitrogen and oxygen atoms in total. The smallest absolute Gasteiger partial charge is 0.279 e. The maximum Gasteiger partial charge on any atom is 0.279 e. The first kappa shape index (κ1) is 17.4. The van der Waals surface area contributed by atoms with E-state index < -0.39 is 0 Å². The average Bonchev–Trinajstić information content (AvgIpc) is 3.07. The van der Waals surface area contributed by atoms with E-state index in [1.165, 1.54) is 12.8 Å². The molecule has 25 heavy (non-hydrogen) atoms. The van der Waals surface area contributed by atoms with E-state index in [1.807, 2.05) is 49.5 Å². The zero-order valence-electron chi connectivity index (χ0n) is 14.7. The Morgan fingerprint density at radius 1 is 1.00 bits per heavy atom. The summed E-state index contributed by atoms with van der Waals surface area (Å²) in [5.41, 5.74) is 0.811. The summed E-state index contributed by atoms with van der Waals surface area (Å²) in [6, 6.07) is 14.1. The van der Waals surface area contributed by atoms with Crippen LogP contribution in [-0.4, -0.2) is 38.0 Å². The van der Waals surface area contributed by atoms with Crippen LogP contribution in [0.3, 0.4) is 0 Å². The van der Waals surface area contributed by atoms with Crippen LogP contribution < -0.4 is 15.5 Å². The number of rotatable bonds is 6. The summed E-state index contributed by atoms with van der Waals surface area (Å²) in [5, 5.41) is 8.15. The number of likely N-dealkylation sites (N-methyl/N-ethyl adjacent to an activating group) is 1. The molecule has 0 heterocycles. The first-order chi connectivity index (χ1) is 12.1. The van der Waals surface area contributed by atoms with Crippen molar-refractivity contribution in [2.75, 3.05) is 25.5 Å². The highest BCUT2D eigenvalue weighted by atomic mass is 16.2. The van der Waals surface area contributed by atoms with Crippen molar-refractivity contribution in [2.24, 2.45) is 0 Å². The normalized spacial score (nSPS) is 15.9. The topological polar surface area (TPSA) is 62.6 Å². The number of benzene rings is 2. The molecule has 1 aliphatic rings. The number of carbonyl (C=O) groups excluding carboxylic acids is 2. The summed E-state index contributed by atoms with van der Waals surface area (Å²) in [5.74, 6) is -0.0510. The Kier molecular flexibility index (Phi) is 5.66. The van der Waals surface area contributed by atoms with E-state index in [-0.39, 0.29) is 18.4 Å². The lowest BCUT2D eigenvalue weighted by Gasteiger charge is -2.16. The van der Waals surface area contributed by atoms with Crippen LogP contribution in [0.1, 0.15) is 25.7 Å². The van der Waals surface area contributed by atoms with Crippen LogP contribution in [0.4, 0.5) is 5.69 Å². The Morgan fingerprint density at radius 3 is 2.48 bits per heavy atom. The zero-order chi connectivity index (χ0) is 17.6. The Morgan fingerprint density at radius 2 is 1.68 bits per heavy atom. The molecule has 1 aliphatic carbocycles. The van der Waals surface area contributed by atoms with E-state index in [1.54, 1.807) is 0 Å². The highest BCUT2D eigenvalue weighted by molar-refractivity contribution is 6.02. The monoisotopic (exact) mass is 340 g/mol. The van der Waals surface area contributed by atoms with Crippen LogP contribution in [0, 0.1) is 0 Å². The predicted molar refractivity (Wildman–Crippen MR) is 99.6 cm³/mol. The standard InChI is InChI=1S/C20H25N3O2/c1-23(13-19(24)21-16-9-3-4-10-16)14-20(25)22-18-12-6-8-15-7-2-5-11-17(15)18/h2,5-8,11-12,16H,3-4,9-10,13-14H2,1H3,(H,21,24)(H,22,25)/p+1. The number of carbonyl (C=O) groups is 2. The number of hydrogen-bond acceptors (Lipinski definition) is 2. The molecule has 0 bridgehead atoms. The minimum atomic E-state index is -0.0810. The van der Waals surface area contributed by atoms with Gasteiger partial charge in [-0.3, -0.25) is 9.59 Å². The van der Waals surface area contributed by atoms with Crippen molar-refractivity contribution >= 4 is 28.3 Å². The molecule has 0 aliphatic heterocycles. The number of fused-ring (bicyclic) bond motifs is 1. The van der Waals surface area contributed by atoms with Crippen molar-refractivity contribution in [1.82, 2.24) is 5.32 Å². The van der Waals surface area contributed by atoms with Gasteiger partial charge in [0.25, 0.3) is 11.8 Å². The summed E-state index contributed by atoms with van der Waals surface area (Å²) in [6.45, 7) is 0.584. The number of nitrogens with one attached hydrogen (secondary N) is 3. The molecule has 0 saturated heterocycles. The molecular weight excluding hydrogens is 314 g/mol. The highest BCUT2D eigenvalue weighted by Gasteiger charge is 2.20. The molecule has 132 valence electrons. The number of hydrogen-bond donors (Lipinski definition) is 3. The maximum absolute atomic E-state index is 12.3. The van der Waals surface area contributed by atoms with Gasteiger partial charge in [0.15, 0.2) is 13.1 Å². The number of amides is 2. The first-order valence-electron chi connectivity index (χ1n) is 9.00. The molecule has 0 aromatic heterocycles. The Balaban J connectivity index is 1.52. The van der Waals surface area contributed by atoms with Gasteiger partial charge in [-0.1, -0.05) is 49.2 Å². The van der Waals surface area contributed by atoms with E-state index in [4.69, 9.17) is 0 Å². The van der Waals surface area contributed by atoms with E-state index in [9.17, 15) is 9.59 Å². The van der Waals surface area contributed by atoms with Gasteiger partial charge in [-0.2, -0.15) is 0 Å². The quantitative estimate of drug-likeness (QED) is 0.743. The van der Waals surface area contributed by atoms with Gasteiger partial charge >= 0.3 is 0 Å². The van der Waals surface area contributed by atoms with E-state index in [0.717, 1.165) is 34.2 Å². The van der Waals surface area contributed by atoms with Crippen molar-refractivity contribution in [3.8, 4) is 0 Å². The second-order valence-electron chi connectivity index (χ2n) is 6.93. The fourth-order valence-electron chi connectivity index (χ4n) is 3.49. The van der Waals surface area contributed by atoms with Crippen molar-refractivity contribution < 1.29 is 14.5 Å². The van der Waals surface area contributed by atoms with Crippen LogP contribution in [-0.2, 0) is 9.59 Å². The molecule has 1 unspecified atom stereocenters. The van der Waals surface area contributed by atoms with Gasteiger partial charge in [-0.15, -0.1) is 0 Å². The molecular formula is C20H26N3O2+. The zero-order valence-corrected chi connectivity index (χ0v) is 14.7. The molecule has 3 rings (SSSR count). The molecule has 2 aromatic carbocycles. The fourth-order valence-corrected chi connectivity index (χ4v) is 3.49. The lowest BCUT2D eigenvalue weighted by atomic mass is 10.1. The van der Waals surface area contributed by atoms with Crippen molar-refractivity contribution in [2.45, 2.75) is 31.7 Å². The largest absolute Gasteiger partial charge is 0.348 e. The average molecular weight is 340 g/mol. The molecule has 1 saturated carbocycles. The summed E-state index contributed by atoms with van der Waals surface area (Å²) in [6.07, 6.45) is 4.54. The summed E-state index contributed by atoms with van der Waals surface area (Å²) in [4.78, 5) is 25.3. The summed E-state index contributed by atoms with van der Waals surface area (Å²) in [7, 11) is 1.87. The molecule has 3 N–H and O–H groups in total. The van der Waals surface area contributed by atoms with E-state index in [2.05, 4.69) is 10.6 Å². The SMILES string of the molecule is C[NH+](CC(=O)Nc1cccc2ccccc12)CC(=O)NC1CCCC1. The van der Waals surface area contributed by atoms with Crippen molar-refractivity contribution in [1.29, 1.82) is 0 Å². The molecule has 1 fully saturated rings. The van der Waals surface area contributed by atoms with E-state index in [0.29, 0.717) is 12.6 Å². The molecule has 0 spiro atoms. The molecule has 2 aromatic rings. The van der Waals surface area contributed by atoms with Crippen molar-refractivity contribution in [3.63, 3.8) is 0 Å². The third kappa shape index (κ3) is 4.79. The first-order valence-corrected chi connectivity index (χ1v) is 9.00. The minimum Gasteiger partial charge on any atom is -0.348 e. The van der Waals surface area contributed by atoms with Crippen LogP contribution in [0.25, 0.3) is 10.8 Å². The van der Waals surface area contributed by atoms with Crippen LogP contribution in [0.5, 0.6) is 0 Å². The second kappa shape index (κ2) is 8.12. The third-order valence-electron chi connectivity index (χ3n) is 4.71. The van der Waals surface area contributed by atoms with Gasteiger partial charge < -0.3 is 15.5 Å². The van der Waals surface area contributed by atoms with Crippen LogP contribution in [0.15, 0.2) is 42.5 Å². The third-order valence-corrected chi connectivity index (χ3v) is 4.71. The Hall–Kier alpha value is -2.40. The Bertz CT molecular complexity index is 748. The van der Waals surface area contributed by atoms with Gasteiger partial charge in [0.05, 0.1) is 7.05 Å². The molecule has 2 amide bonds. The fraction of sp³-hybridized carbons (Fsp3) is 0.400. The predicted octanol–water partition coefficient (Wildman–Crippen LogP) is 1.35. The van der Waals surface area contributed by atoms with Gasteiger partial charge in [-0.25, -0.2) is 0 Å². The lowest BCUT2D eigenvalue weighted by Crippen LogP contribution is -3.11. The second-order valence-corrected chi connectivity index (χ2v) is 6.93. The molecule has 5 heteroatoms. The Labute approximate surface area is 148 Å². The number of anilines is 1. The number of quaternary nitrogens is 1. The summed E-state index contributed by atoms with van der Waals surface area (Å²) >= 11 is 0. The molecule has 1 atom stereocenters. The van der Waals surface area contributed by atoms with E-state index >= 15 is 0 Å². The van der Waals surface area contributed by atoms with Crippen molar-refractivity contribution in [3.05, 3.63) is 42.5 Å². The maximum atomic E-state index is 12.3. The van der Waals surface area contributed by atoms with Gasteiger partial charge in [0.2, 0.25) is 0 Å². The highest BCUT2D eigenvalue weighted by Crippen LogP contribution is 2.22. The summed E-state index contributed by atoms with van der Waals surface area (Å²) < 4.78 is 0. The minimum absolute atomic E-state index is 0.0300. The lowest BCUT2D eigenvalue weighted by molar-refractivity contribution is -0.862.